The molecule has 0 saturated carbocycles. The molecule has 1 aromatic heterocycles. The smallest absolute Gasteiger partial charge is 0.232 e. The summed E-state index contributed by atoms with van der Waals surface area (Å²) in [5.74, 6) is 2.08. The van der Waals surface area contributed by atoms with Crippen LogP contribution in [0.4, 0.5) is 0 Å². The number of hydrogen-bond donors (Lipinski definition) is 1. The number of nitrogens with zero attached hydrogens (tertiary/aromatic N) is 2. The highest BCUT2D eigenvalue weighted by Gasteiger charge is 2.25. The summed E-state index contributed by atoms with van der Waals surface area (Å²) >= 11 is 1.54. The zero-order chi connectivity index (χ0) is 16.1. The van der Waals surface area contributed by atoms with Gasteiger partial charge in [-0.1, -0.05) is 18.2 Å². The van der Waals surface area contributed by atoms with E-state index in [-0.39, 0.29) is 18.4 Å². The standard InChI is InChI=1S/C17H20N2O3S/c20-9-13-6-7-19(8-13)16(21)12-23-11-15-10-22-17(18-15)14-4-2-1-3-5-14/h1-5,10,13,20H,6-9,11-12H2. The lowest BCUT2D eigenvalue weighted by molar-refractivity contribution is -0.127. The Morgan fingerprint density at radius 1 is 1.39 bits per heavy atom. The molecule has 2 aromatic rings. The van der Waals surface area contributed by atoms with Crippen LogP contribution in [0, 0.1) is 5.92 Å². The van der Waals surface area contributed by atoms with Gasteiger partial charge in [0.25, 0.3) is 0 Å². The first-order valence-electron chi connectivity index (χ1n) is 7.72. The topological polar surface area (TPSA) is 66.6 Å². The van der Waals surface area contributed by atoms with Gasteiger partial charge in [-0.15, -0.1) is 11.8 Å². The molecule has 2 heterocycles. The van der Waals surface area contributed by atoms with E-state index in [9.17, 15) is 4.79 Å². The highest BCUT2D eigenvalue weighted by Crippen LogP contribution is 2.21. The zero-order valence-electron chi connectivity index (χ0n) is 12.9. The van der Waals surface area contributed by atoms with Crippen molar-refractivity contribution >= 4 is 17.7 Å². The summed E-state index contributed by atoms with van der Waals surface area (Å²) in [4.78, 5) is 18.4. The van der Waals surface area contributed by atoms with Crippen molar-refractivity contribution in [2.75, 3.05) is 25.4 Å². The number of thioether (sulfide) groups is 1. The van der Waals surface area contributed by atoms with Gasteiger partial charge in [0, 0.05) is 36.9 Å². The van der Waals surface area contributed by atoms with Crippen molar-refractivity contribution in [1.82, 2.24) is 9.88 Å². The number of carbonyl (C=O) groups is 1. The average Bonchev–Trinajstić information content (AvgIpc) is 3.25. The average molecular weight is 332 g/mol. The molecule has 1 fully saturated rings. The van der Waals surface area contributed by atoms with Crippen LogP contribution in [0.5, 0.6) is 0 Å². The van der Waals surface area contributed by atoms with Gasteiger partial charge in [-0.25, -0.2) is 4.98 Å². The monoisotopic (exact) mass is 332 g/mol. The number of amides is 1. The molecule has 0 radical (unpaired) electrons. The lowest BCUT2D eigenvalue weighted by Gasteiger charge is -2.15. The maximum Gasteiger partial charge on any atom is 0.232 e. The molecule has 122 valence electrons. The molecule has 1 N–H and O–H groups in total. The number of benzene rings is 1. The van der Waals surface area contributed by atoms with Gasteiger partial charge in [-0.05, 0) is 18.6 Å². The molecule has 1 aromatic carbocycles. The Kier molecular flexibility index (Phi) is 5.35. The molecule has 3 rings (SSSR count). The highest BCUT2D eigenvalue weighted by molar-refractivity contribution is 7.99. The third-order valence-corrected chi connectivity index (χ3v) is 4.90. The first kappa shape index (κ1) is 16.1. The molecular weight excluding hydrogens is 312 g/mol. The van der Waals surface area contributed by atoms with Crippen molar-refractivity contribution in [3.63, 3.8) is 0 Å². The van der Waals surface area contributed by atoms with Crippen LogP contribution in [-0.4, -0.2) is 46.3 Å². The van der Waals surface area contributed by atoms with Crippen LogP contribution in [0.25, 0.3) is 11.5 Å². The molecule has 1 atom stereocenters. The van der Waals surface area contributed by atoms with Crippen LogP contribution in [0.15, 0.2) is 41.0 Å². The number of hydrogen-bond acceptors (Lipinski definition) is 5. The molecule has 23 heavy (non-hydrogen) atoms. The van der Waals surface area contributed by atoms with E-state index in [1.807, 2.05) is 35.2 Å². The predicted octanol–water partition coefficient (Wildman–Crippen LogP) is 2.42. The second-order valence-corrected chi connectivity index (χ2v) is 6.67. The zero-order valence-corrected chi connectivity index (χ0v) is 13.7. The maximum atomic E-state index is 12.1. The van der Waals surface area contributed by atoms with Gasteiger partial charge in [0.05, 0.1) is 11.4 Å². The van der Waals surface area contributed by atoms with E-state index in [2.05, 4.69) is 4.98 Å². The molecular formula is C17H20N2O3S. The molecule has 6 heteroatoms. The summed E-state index contributed by atoms with van der Waals surface area (Å²) in [6, 6.07) is 9.76. The van der Waals surface area contributed by atoms with Gasteiger partial charge in [-0.3, -0.25) is 4.79 Å². The van der Waals surface area contributed by atoms with E-state index < -0.39 is 0 Å². The van der Waals surface area contributed by atoms with Gasteiger partial charge >= 0.3 is 0 Å². The fraction of sp³-hybridized carbons (Fsp3) is 0.412. The Labute approximate surface area is 139 Å². The third-order valence-electron chi connectivity index (χ3n) is 3.94. The maximum absolute atomic E-state index is 12.1. The molecule has 1 amide bonds. The summed E-state index contributed by atoms with van der Waals surface area (Å²) in [5.41, 5.74) is 1.79. The van der Waals surface area contributed by atoms with Crippen LogP contribution in [0.2, 0.25) is 0 Å². The summed E-state index contributed by atoms with van der Waals surface area (Å²) in [6.07, 6.45) is 2.55. The van der Waals surface area contributed by atoms with E-state index in [0.717, 1.165) is 24.2 Å². The Hall–Kier alpha value is -1.79. The lowest BCUT2D eigenvalue weighted by atomic mass is 10.1. The third kappa shape index (κ3) is 4.14. The summed E-state index contributed by atoms with van der Waals surface area (Å²) in [7, 11) is 0. The van der Waals surface area contributed by atoms with Crippen LogP contribution >= 0.6 is 11.8 Å². The summed E-state index contributed by atoms with van der Waals surface area (Å²) < 4.78 is 5.49. The minimum atomic E-state index is 0.137. The van der Waals surface area contributed by atoms with Crippen LogP contribution < -0.4 is 0 Å². The first-order chi connectivity index (χ1) is 11.3. The van der Waals surface area contributed by atoms with Gasteiger partial charge < -0.3 is 14.4 Å². The summed E-state index contributed by atoms with van der Waals surface area (Å²) in [5, 5.41) is 9.12. The second-order valence-electron chi connectivity index (χ2n) is 5.68. The number of rotatable bonds is 6. The molecule has 1 aliphatic heterocycles. The molecule has 5 nitrogen and oxygen atoms in total. The van der Waals surface area contributed by atoms with E-state index in [1.165, 1.54) is 0 Å². The molecule has 1 aliphatic rings. The SMILES string of the molecule is O=C(CSCc1coc(-c2ccccc2)n1)N1CCC(CO)C1. The minimum absolute atomic E-state index is 0.137. The van der Waals surface area contributed by atoms with E-state index in [0.29, 0.717) is 23.9 Å². The van der Waals surface area contributed by atoms with Crippen LogP contribution in [-0.2, 0) is 10.5 Å². The number of carbonyl (C=O) groups excluding carboxylic acids is 1. The van der Waals surface area contributed by atoms with Gasteiger partial charge in [-0.2, -0.15) is 0 Å². The molecule has 1 unspecified atom stereocenters. The quantitative estimate of drug-likeness (QED) is 0.880. The van der Waals surface area contributed by atoms with E-state index >= 15 is 0 Å². The highest BCUT2D eigenvalue weighted by atomic mass is 32.2. The van der Waals surface area contributed by atoms with Gasteiger partial charge in [0.1, 0.15) is 6.26 Å². The van der Waals surface area contributed by atoms with Crippen LogP contribution in [0.1, 0.15) is 12.1 Å². The van der Waals surface area contributed by atoms with Crippen molar-refractivity contribution < 1.29 is 14.3 Å². The molecule has 0 aliphatic carbocycles. The number of aromatic nitrogens is 1. The number of aliphatic hydroxyl groups excluding tert-OH is 1. The van der Waals surface area contributed by atoms with Gasteiger partial charge in [0.15, 0.2) is 0 Å². The van der Waals surface area contributed by atoms with Crippen molar-refractivity contribution in [3.05, 3.63) is 42.3 Å². The van der Waals surface area contributed by atoms with Crippen LogP contribution in [0.3, 0.4) is 0 Å². The van der Waals surface area contributed by atoms with Gasteiger partial charge in [0.2, 0.25) is 11.8 Å². The molecule has 0 bridgehead atoms. The van der Waals surface area contributed by atoms with E-state index in [4.69, 9.17) is 9.52 Å². The van der Waals surface area contributed by atoms with Crippen molar-refractivity contribution in [2.24, 2.45) is 5.92 Å². The first-order valence-corrected chi connectivity index (χ1v) is 8.88. The predicted molar refractivity (Wildman–Crippen MR) is 89.9 cm³/mol. The van der Waals surface area contributed by atoms with Crippen molar-refractivity contribution in [1.29, 1.82) is 0 Å². The second kappa shape index (κ2) is 7.66. The van der Waals surface area contributed by atoms with E-state index in [1.54, 1.807) is 18.0 Å². The lowest BCUT2D eigenvalue weighted by Crippen LogP contribution is -2.30. The molecule has 0 spiro atoms. The minimum Gasteiger partial charge on any atom is -0.444 e. The Balaban J connectivity index is 1.46. The normalized spacial score (nSPS) is 17.6. The number of likely N-dealkylation sites (tertiary alicyclic amines) is 1. The fourth-order valence-corrected chi connectivity index (χ4v) is 3.43. The Morgan fingerprint density at radius 2 is 2.22 bits per heavy atom. The molecule has 1 saturated heterocycles. The largest absolute Gasteiger partial charge is 0.444 e. The Morgan fingerprint density at radius 3 is 2.96 bits per heavy atom. The fourth-order valence-electron chi connectivity index (χ4n) is 2.63. The number of aliphatic hydroxyl groups is 1. The number of oxazole rings is 1. The van der Waals surface area contributed by atoms with Crippen molar-refractivity contribution in [3.8, 4) is 11.5 Å². The Bertz CT molecular complexity index is 644. The summed E-state index contributed by atoms with van der Waals surface area (Å²) in [6.45, 7) is 1.60. The van der Waals surface area contributed by atoms with Crippen molar-refractivity contribution in [2.45, 2.75) is 12.2 Å².